The number of carbonyl (C=O) groups excluding carboxylic acids is 4. The summed E-state index contributed by atoms with van der Waals surface area (Å²) in [7, 11) is 0. The molecule has 29 heavy (non-hydrogen) atoms. The van der Waals surface area contributed by atoms with Crippen molar-refractivity contribution in [3.63, 3.8) is 0 Å². The Morgan fingerprint density at radius 1 is 0.897 bits per heavy atom. The van der Waals surface area contributed by atoms with Crippen LogP contribution in [0.2, 0.25) is 0 Å². The van der Waals surface area contributed by atoms with Crippen LogP contribution in [0.1, 0.15) is 41.5 Å². The van der Waals surface area contributed by atoms with E-state index in [1.807, 2.05) is 0 Å². The van der Waals surface area contributed by atoms with Crippen LogP contribution in [0.25, 0.3) is 0 Å². The fraction of sp³-hybridized carbons (Fsp3) is 0.238. The van der Waals surface area contributed by atoms with Crippen molar-refractivity contribution >= 4 is 29.5 Å². The first-order chi connectivity index (χ1) is 13.7. The van der Waals surface area contributed by atoms with Gasteiger partial charge in [0.25, 0.3) is 11.8 Å². The Kier molecular flexibility index (Phi) is 7.08. The van der Waals surface area contributed by atoms with Crippen molar-refractivity contribution in [2.45, 2.75) is 26.3 Å². The third-order valence-corrected chi connectivity index (χ3v) is 3.51. The number of imide groups is 1. The lowest BCUT2D eigenvalue weighted by Gasteiger charge is -2.20. The van der Waals surface area contributed by atoms with Crippen LogP contribution in [0.15, 0.2) is 54.6 Å². The Hall–Kier alpha value is -3.68. The zero-order valence-electron chi connectivity index (χ0n) is 16.4. The van der Waals surface area contributed by atoms with E-state index >= 15 is 0 Å². The van der Waals surface area contributed by atoms with E-state index in [9.17, 15) is 19.2 Å². The molecule has 0 bridgehead atoms. The van der Waals surface area contributed by atoms with Gasteiger partial charge < -0.3 is 15.4 Å². The van der Waals surface area contributed by atoms with Gasteiger partial charge in [0, 0.05) is 11.1 Å². The van der Waals surface area contributed by atoms with Crippen molar-refractivity contribution in [1.82, 2.24) is 10.6 Å². The van der Waals surface area contributed by atoms with E-state index in [-0.39, 0.29) is 17.2 Å². The highest BCUT2D eigenvalue weighted by atomic mass is 16.5. The Labute approximate surface area is 168 Å². The van der Waals surface area contributed by atoms with Crippen molar-refractivity contribution in [1.29, 1.82) is 0 Å². The summed E-state index contributed by atoms with van der Waals surface area (Å²) in [5.74, 6) is -1.96. The number of benzene rings is 2. The molecule has 3 N–H and O–H groups in total. The van der Waals surface area contributed by atoms with E-state index in [1.54, 1.807) is 69.3 Å². The molecule has 2 aromatic carbocycles. The zero-order chi connectivity index (χ0) is 21.4. The van der Waals surface area contributed by atoms with Crippen LogP contribution in [0.5, 0.6) is 0 Å². The molecule has 4 amide bonds. The first kappa shape index (κ1) is 21.6. The average Bonchev–Trinajstić information content (AvgIpc) is 2.65. The Bertz CT molecular complexity index is 904. The van der Waals surface area contributed by atoms with E-state index in [0.29, 0.717) is 5.56 Å². The topological polar surface area (TPSA) is 114 Å². The number of hydrogen-bond donors (Lipinski definition) is 3. The number of amides is 4. The predicted octanol–water partition coefficient (Wildman–Crippen LogP) is 2.72. The molecule has 2 rings (SSSR count). The molecule has 8 heteroatoms. The first-order valence-electron chi connectivity index (χ1n) is 8.90. The van der Waals surface area contributed by atoms with Gasteiger partial charge in [-0.15, -0.1) is 0 Å². The number of urea groups is 1. The molecule has 0 unspecified atom stereocenters. The lowest BCUT2D eigenvalue weighted by atomic mass is 10.1. The van der Waals surface area contributed by atoms with E-state index in [2.05, 4.69) is 16.0 Å². The van der Waals surface area contributed by atoms with Crippen molar-refractivity contribution < 1.29 is 23.9 Å². The van der Waals surface area contributed by atoms with Crippen molar-refractivity contribution in [2.75, 3.05) is 11.9 Å². The maximum atomic E-state index is 12.3. The van der Waals surface area contributed by atoms with Gasteiger partial charge in [0.05, 0.1) is 11.3 Å². The van der Waals surface area contributed by atoms with Gasteiger partial charge in [-0.3, -0.25) is 14.9 Å². The van der Waals surface area contributed by atoms with Gasteiger partial charge >= 0.3 is 12.0 Å². The molecule has 0 spiro atoms. The molecule has 2 aromatic rings. The number of ether oxygens (including phenoxy) is 1. The smallest absolute Gasteiger partial charge is 0.340 e. The van der Waals surface area contributed by atoms with Crippen molar-refractivity contribution in [3.05, 3.63) is 65.7 Å². The number of rotatable bonds is 5. The normalized spacial score (nSPS) is 10.6. The predicted molar refractivity (Wildman–Crippen MR) is 108 cm³/mol. The lowest BCUT2D eigenvalue weighted by molar-refractivity contribution is -0.123. The molecule has 0 aliphatic carbocycles. The van der Waals surface area contributed by atoms with Crippen LogP contribution in [0.4, 0.5) is 10.5 Å². The van der Waals surface area contributed by atoms with E-state index < -0.39 is 30.1 Å². The standard InChI is InChI=1S/C21H23N3O5/c1-21(2,3)24-20(28)23-17(25)13-29-19(27)15-11-7-8-12-16(15)22-18(26)14-9-5-4-6-10-14/h4-12H,13H2,1-3H3,(H,22,26)(H2,23,24,25,28). The van der Waals surface area contributed by atoms with E-state index in [1.165, 1.54) is 6.07 Å². The van der Waals surface area contributed by atoms with E-state index in [4.69, 9.17) is 4.74 Å². The summed E-state index contributed by atoms with van der Waals surface area (Å²) in [6.45, 7) is 4.64. The van der Waals surface area contributed by atoms with Gasteiger partial charge in [0.2, 0.25) is 0 Å². The second-order valence-electron chi connectivity index (χ2n) is 7.19. The Morgan fingerprint density at radius 2 is 1.52 bits per heavy atom. The minimum Gasteiger partial charge on any atom is -0.452 e. The van der Waals surface area contributed by atoms with Gasteiger partial charge in [-0.05, 0) is 45.0 Å². The van der Waals surface area contributed by atoms with Crippen LogP contribution in [0.3, 0.4) is 0 Å². The van der Waals surface area contributed by atoms with Crippen LogP contribution in [-0.2, 0) is 9.53 Å². The molecular weight excluding hydrogens is 374 g/mol. The summed E-state index contributed by atoms with van der Waals surface area (Å²) in [4.78, 5) is 48.1. The molecular formula is C21H23N3O5. The quantitative estimate of drug-likeness (QED) is 0.672. The number of nitrogens with one attached hydrogen (secondary N) is 3. The number of carbonyl (C=O) groups is 4. The minimum absolute atomic E-state index is 0.0868. The number of hydrogen-bond acceptors (Lipinski definition) is 5. The number of para-hydroxylation sites is 1. The number of anilines is 1. The lowest BCUT2D eigenvalue weighted by Crippen LogP contribution is -2.49. The van der Waals surface area contributed by atoms with Gasteiger partial charge in [-0.1, -0.05) is 30.3 Å². The maximum Gasteiger partial charge on any atom is 0.340 e. The molecule has 0 saturated carbocycles. The molecule has 0 aromatic heterocycles. The van der Waals surface area contributed by atoms with Crippen LogP contribution in [0, 0.1) is 0 Å². The van der Waals surface area contributed by atoms with Gasteiger partial charge in [0.1, 0.15) is 0 Å². The second-order valence-corrected chi connectivity index (χ2v) is 7.19. The third kappa shape index (κ3) is 7.10. The summed E-state index contributed by atoms with van der Waals surface area (Å²) < 4.78 is 4.97. The molecule has 0 saturated heterocycles. The zero-order valence-corrected chi connectivity index (χ0v) is 16.4. The SMILES string of the molecule is CC(C)(C)NC(=O)NC(=O)COC(=O)c1ccccc1NC(=O)c1ccccc1. The van der Waals surface area contributed by atoms with Gasteiger partial charge in [-0.25, -0.2) is 9.59 Å². The molecule has 0 atom stereocenters. The molecule has 0 fully saturated rings. The summed E-state index contributed by atoms with van der Waals surface area (Å²) in [6, 6.07) is 14.1. The Morgan fingerprint density at radius 3 is 2.17 bits per heavy atom. The molecule has 0 aliphatic rings. The highest BCUT2D eigenvalue weighted by Gasteiger charge is 2.19. The van der Waals surface area contributed by atoms with Crippen LogP contribution >= 0.6 is 0 Å². The van der Waals surface area contributed by atoms with Gasteiger partial charge in [0.15, 0.2) is 6.61 Å². The molecule has 8 nitrogen and oxygen atoms in total. The summed E-state index contributed by atoms with van der Waals surface area (Å²) in [5, 5.41) is 7.28. The monoisotopic (exact) mass is 397 g/mol. The Balaban J connectivity index is 1.97. The van der Waals surface area contributed by atoms with Crippen LogP contribution < -0.4 is 16.0 Å². The highest BCUT2D eigenvalue weighted by molar-refractivity contribution is 6.08. The van der Waals surface area contributed by atoms with Gasteiger partial charge in [-0.2, -0.15) is 0 Å². The van der Waals surface area contributed by atoms with Crippen molar-refractivity contribution in [3.8, 4) is 0 Å². The summed E-state index contributed by atoms with van der Waals surface area (Å²) >= 11 is 0. The molecule has 152 valence electrons. The highest BCUT2D eigenvalue weighted by Crippen LogP contribution is 2.17. The summed E-state index contributed by atoms with van der Waals surface area (Å²) in [5.41, 5.74) is 0.248. The molecule has 0 aliphatic heterocycles. The van der Waals surface area contributed by atoms with Crippen molar-refractivity contribution in [2.24, 2.45) is 0 Å². The number of esters is 1. The minimum atomic E-state index is -0.805. The maximum absolute atomic E-state index is 12.3. The molecule has 0 heterocycles. The summed E-state index contributed by atoms with van der Waals surface area (Å²) in [6.07, 6.45) is 0. The molecule has 0 radical (unpaired) electrons. The average molecular weight is 397 g/mol. The largest absolute Gasteiger partial charge is 0.452 e. The van der Waals surface area contributed by atoms with E-state index in [0.717, 1.165) is 0 Å². The fourth-order valence-corrected chi connectivity index (χ4v) is 2.30. The third-order valence-electron chi connectivity index (χ3n) is 3.51. The van der Waals surface area contributed by atoms with Crippen LogP contribution in [-0.4, -0.2) is 36.0 Å². The second kappa shape index (κ2) is 9.50. The first-order valence-corrected chi connectivity index (χ1v) is 8.90. The fourth-order valence-electron chi connectivity index (χ4n) is 2.30.